The van der Waals surface area contributed by atoms with E-state index in [-0.39, 0.29) is 18.5 Å². The van der Waals surface area contributed by atoms with Gasteiger partial charge in [-0.3, -0.25) is 0 Å². The first-order valence-corrected chi connectivity index (χ1v) is 7.31. The molecule has 2 rings (SSSR count). The van der Waals surface area contributed by atoms with Crippen LogP contribution >= 0.6 is 15.9 Å². The SMILES string of the molecule is CC[C@H](N)c1ccc(OCc2cc(Br)ccc2F)cc1. The minimum Gasteiger partial charge on any atom is -0.489 e. The predicted octanol–water partition coefficient (Wildman–Crippen LogP) is 4.58. The molecule has 0 heterocycles. The number of hydrogen-bond donors (Lipinski definition) is 1. The Morgan fingerprint density at radius 2 is 1.90 bits per heavy atom. The summed E-state index contributed by atoms with van der Waals surface area (Å²) in [6, 6.07) is 12.5. The van der Waals surface area contributed by atoms with Gasteiger partial charge in [0.15, 0.2) is 0 Å². The first-order valence-electron chi connectivity index (χ1n) is 6.52. The molecule has 0 unspecified atom stereocenters. The number of halogens is 2. The monoisotopic (exact) mass is 337 g/mol. The van der Waals surface area contributed by atoms with Crippen LogP contribution in [0, 0.1) is 5.82 Å². The predicted molar refractivity (Wildman–Crippen MR) is 82.1 cm³/mol. The molecule has 0 aliphatic rings. The Bertz CT molecular complexity index is 571. The van der Waals surface area contributed by atoms with Gasteiger partial charge in [0, 0.05) is 16.1 Å². The fourth-order valence-electron chi connectivity index (χ4n) is 1.86. The van der Waals surface area contributed by atoms with Crippen molar-refractivity contribution in [3.8, 4) is 5.75 Å². The minimum absolute atomic E-state index is 0.0478. The van der Waals surface area contributed by atoms with Crippen LogP contribution in [-0.4, -0.2) is 0 Å². The van der Waals surface area contributed by atoms with Crippen molar-refractivity contribution in [2.24, 2.45) is 5.73 Å². The van der Waals surface area contributed by atoms with Crippen LogP contribution in [0.5, 0.6) is 5.75 Å². The Morgan fingerprint density at radius 3 is 2.55 bits per heavy atom. The van der Waals surface area contributed by atoms with Gasteiger partial charge in [-0.2, -0.15) is 0 Å². The first-order chi connectivity index (χ1) is 9.60. The zero-order valence-corrected chi connectivity index (χ0v) is 12.9. The standard InChI is InChI=1S/C16H17BrFNO/c1-2-16(19)11-3-6-14(7-4-11)20-10-12-9-13(17)5-8-15(12)18/h3-9,16H,2,10,19H2,1H3/t16-/m0/s1. The summed E-state index contributed by atoms with van der Waals surface area (Å²) in [5.74, 6) is 0.439. The van der Waals surface area contributed by atoms with Crippen LogP contribution in [0.25, 0.3) is 0 Å². The van der Waals surface area contributed by atoms with Crippen molar-refractivity contribution < 1.29 is 9.13 Å². The summed E-state index contributed by atoms with van der Waals surface area (Å²) in [6.45, 7) is 2.25. The van der Waals surface area contributed by atoms with Gasteiger partial charge in [0.1, 0.15) is 18.2 Å². The molecule has 0 aliphatic heterocycles. The molecule has 0 aliphatic carbocycles. The van der Waals surface area contributed by atoms with Gasteiger partial charge in [0.05, 0.1) is 0 Å². The van der Waals surface area contributed by atoms with Crippen molar-refractivity contribution in [3.05, 3.63) is 63.9 Å². The van der Waals surface area contributed by atoms with Gasteiger partial charge in [-0.05, 0) is 42.3 Å². The Kier molecular flexibility index (Phi) is 5.15. The lowest BCUT2D eigenvalue weighted by molar-refractivity contribution is 0.299. The summed E-state index contributed by atoms with van der Waals surface area (Å²) in [5, 5.41) is 0. The molecular weight excluding hydrogens is 321 g/mol. The molecule has 0 spiro atoms. The quantitative estimate of drug-likeness (QED) is 0.866. The van der Waals surface area contributed by atoms with Crippen molar-refractivity contribution >= 4 is 15.9 Å². The van der Waals surface area contributed by atoms with E-state index in [0.29, 0.717) is 11.3 Å². The van der Waals surface area contributed by atoms with Gasteiger partial charge in [0.2, 0.25) is 0 Å². The molecule has 4 heteroatoms. The summed E-state index contributed by atoms with van der Waals surface area (Å²) in [4.78, 5) is 0. The third kappa shape index (κ3) is 3.81. The van der Waals surface area contributed by atoms with Gasteiger partial charge >= 0.3 is 0 Å². The molecule has 0 bridgehead atoms. The average Bonchev–Trinajstić information content (AvgIpc) is 2.48. The summed E-state index contributed by atoms with van der Waals surface area (Å²) in [5.41, 5.74) is 7.55. The van der Waals surface area contributed by atoms with Crippen molar-refractivity contribution in [2.75, 3.05) is 0 Å². The van der Waals surface area contributed by atoms with Crippen molar-refractivity contribution in [2.45, 2.75) is 26.0 Å². The molecule has 0 radical (unpaired) electrons. The third-order valence-electron chi connectivity index (χ3n) is 3.15. The third-order valence-corrected chi connectivity index (χ3v) is 3.64. The second kappa shape index (κ2) is 6.86. The van der Waals surface area contributed by atoms with Gasteiger partial charge in [-0.15, -0.1) is 0 Å². The van der Waals surface area contributed by atoms with Crippen LogP contribution in [0.3, 0.4) is 0 Å². The summed E-state index contributed by atoms with van der Waals surface area (Å²) >= 11 is 3.32. The van der Waals surface area contributed by atoms with E-state index in [1.165, 1.54) is 6.07 Å². The Labute approximate surface area is 126 Å². The molecule has 1 atom stereocenters. The molecule has 0 aromatic heterocycles. The van der Waals surface area contributed by atoms with E-state index < -0.39 is 0 Å². The maximum Gasteiger partial charge on any atom is 0.129 e. The molecule has 0 saturated heterocycles. The largest absolute Gasteiger partial charge is 0.489 e. The van der Waals surface area contributed by atoms with Crippen LogP contribution in [0.1, 0.15) is 30.5 Å². The fraction of sp³-hybridized carbons (Fsp3) is 0.250. The van der Waals surface area contributed by atoms with E-state index in [1.807, 2.05) is 31.2 Å². The van der Waals surface area contributed by atoms with Gasteiger partial charge < -0.3 is 10.5 Å². The smallest absolute Gasteiger partial charge is 0.129 e. The van der Waals surface area contributed by atoms with Crippen molar-refractivity contribution in [1.29, 1.82) is 0 Å². The normalized spacial score (nSPS) is 12.2. The fourth-order valence-corrected chi connectivity index (χ4v) is 2.27. The number of hydrogen-bond acceptors (Lipinski definition) is 2. The Hall–Kier alpha value is -1.39. The molecule has 0 fully saturated rings. The van der Waals surface area contributed by atoms with Crippen molar-refractivity contribution in [1.82, 2.24) is 0 Å². The summed E-state index contributed by atoms with van der Waals surface area (Å²) in [6.07, 6.45) is 0.892. The van der Waals surface area contributed by atoms with E-state index in [0.717, 1.165) is 16.5 Å². The average molecular weight is 338 g/mol. The van der Waals surface area contributed by atoms with E-state index in [4.69, 9.17) is 10.5 Å². The molecule has 106 valence electrons. The lowest BCUT2D eigenvalue weighted by atomic mass is 10.1. The number of ether oxygens (including phenoxy) is 1. The summed E-state index contributed by atoms with van der Waals surface area (Å²) < 4.78 is 20.0. The molecule has 2 N–H and O–H groups in total. The summed E-state index contributed by atoms with van der Waals surface area (Å²) in [7, 11) is 0. The van der Waals surface area contributed by atoms with Crippen molar-refractivity contribution in [3.63, 3.8) is 0 Å². The highest BCUT2D eigenvalue weighted by atomic mass is 79.9. The highest BCUT2D eigenvalue weighted by molar-refractivity contribution is 9.10. The van der Waals surface area contributed by atoms with Gasteiger partial charge in [0.25, 0.3) is 0 Å². The second-order valence-electron chi connectivity index (χ2n) is 4.61. The lowest BCUT2D eigenvalue weighted by Crippen LogP contribution is -2.08. The molecule has 0 saturated carbocycles. The Morgan fingerprint density at radius 1 is 1.20 bits per heavy atom. The molecule has 2 aromatic rings. The number of benzene rings is 2. The molecule has 20 heavy (non-hydrogen) atoms. The molecular formula is C16H17BrFNO. The van der Waals surface area contributed by atoms with E-state index in [1.54, 1.807) is 12.1 Å². The number of nitrogens with two attached hydrogens (primary N) is 1. The van der Waals surface area contributed by atoms with Crippen LogP contribution in [0.15, 0.2) is 46.9 Å². The first kappa shape index (κ1) is 15.0. The lowest BCUT2D eigenvalue weighted by Gasteiger charge is -2.11. The Balaban J connectivity index is 2.02. The van der Waals surface area contributed by atoms with Crippen LogP contribution in [0.4, 0.5) is 4.39 Å². The van der Waals surface area contributed by atoms with Crippen LogP contribution in [-0.2, 0) is 6.61 Å². The van der Waals surface area contributed by atoms with Gasteiger partial charge in [-0.25, -0.2) is 4.39 Å². The zero-order chi connectivity index (χ0) is 14.5. The van der Waals surface area contributed by atoms with Crippen LogP contribution < -0.4 is 10.5 Å². The molecule has 2 aromatic carbocycles. The maximum absolute atomic E-state index is 13.6. The van der Waals surface area contributed by atoms with E-state index in [2.05, 4.69) is 15.9 Å². The highest BCUT2D eigenvalue weighted by Crippen LogP contribution is 2.21. The zero-order valence-electron chi connectivity index (χ0n) is 11.3. The van der Waals surface area contributed by atoms with E-state index >= 15 is 0 Å². The van der Waals surface area contributed by atoms with E-state index in [9.17, 15) is 4.39 Å². The topological polar surface area (TPSA) is 35.2 Å². The van der Waals surface area contributed by atoms with Crippen LogP contribution in [0.2, 0.25) is 0 Å². The maximum atomic E-state index is 13.6. The highest BCUT2D eigenvalue weighted by Gasteiger charge is 2.05. The molecule has 2 nitrogen and oxygen atoms in total. The minimum atomic E-state index is -0.266. The molecule has 0 amide bonds. The number of rotatable bonds is 5. The second-order valence-corrected chi connectivity index (χ2v) is 5.52. The van der Waals surface area contributed by atoms with Gasteiger partial charge in [-0.1, -0.05) is 35.0 Å².